The van der Waals surface area contributed by atoms with E-state index in [9.17, 15) is 13.2 Å². The molecule has 2 heterocycles. The third kappa shape index (κ3) is 4.62. The fourth-order valence-electron chi connectivity index (χ4n) is 3.37. The number of ether oxygens (including phenoxy) is 1. The Labute approximate surface area is 155 Å². The first-order valence-electron chi connectivity index (χ1n) is 9.26. The van der Waals surface area contributed by atoms with Crippen molar-refractivity contribution in [2.45, 2.75) is 24.2 Å². The molecule has 2 fully saturated rings. The summed E-state index contributed by atoms with van der Waals surface area (Å²) in [7, 11) is -3.64. The molecular formula is C18H27N3O4S. The van der Waals surface area contributed by atoms with Crippen LogP contribution in [0.1, 0.15) is 29.6 Å². The van der Waals surface area contributed by atoms with Gasteiger partial charge in [-0.3, -0.25) is 9.69 Å². The fourth-order valence-corrected chi connectivity index (χ4v) is 5.08. The van der Waals surface area contributed by atoms with Gasteiger partial charge in [0.2, 0.25) is 10.0 Å². The highest BCUT2D eigenvalue weighted by atomic mass is 32.2. The minimum absolute atomic E-state index is 0.103. The van der Waals surface area contributed by atoms with Crippen molar-refractivity contribution in [3.63, 3.8) is 0 Å². The van der Waals surface area contributed by atoms with Crippen LogP contribution in [0.15, 0.2) is 29.2 Å². The maximum Gasteiger partial charge on any atom is 0.252 e. The molecule has 1 aromatic rings. The number of amides is 1. The largest absolute Gasteiger partial charge is 0.379 e. The van der Waals surface area contributed by atoms with Gasteiger partial charge in [-0.2, -0.15) is 4.31 Å². The Balaban J connectivity index is 1.66. The lowest BCUT2D eigenvalue weighted by atomic mass is 10.2. The van der Waals surface area contributed by atoms with E-state index in [1.807, 2.05) is 0 Å². The molecule has 1 aromatic carbocycles. The Kier molecular flexibility index (Phi) is 6.63. The molecule has 1 N–H and O–H groups in total. The summed E-state index contributed by atoms with van der Waals surface area (Å²) in [6.07, 6.45) is 2.79. The SMILES string of the molecule is O=C(NCCN1CCOCC1)c1ccccc1S(=O)(=O)N1CCCCC1. The third-order valence-corrected chi connectivity index (χ3v) is 6.84. The van der Waals surface area contributed by atoms with Crippen molar-refractivity contribution >= 4 is 15.9 Å². The summed E-state index contributed by atoms with van der Waals surface area (Å²) in [5.74, 6) is -0.338. The van der Waals surface area contributed by atoms with Gasteiger partial charge in [0.25, 0.3) is 5.91 Å². The van der Waals surface area contributed by atoms with Gasteiger partial charge in [-0.1, -0.05) is 18.6 Å². The van der Waals surface area contributed by atoms with Crippen molar-refractivity contribution in [2.75, 3.05) is 52.5 Å². The number of hydrogen-bond acceptors (Lipinski definition) is 5. The van der Waals surface area contributed by atoms with Crippen LogP contribution in [0.2, 0.25) is 0 Å². The number of benzene rings is 1. The Morgan fingerprint density at radius 2 is 1.73 bits per heavy atom. The molecule has 0 bridgehead atoms. The first kappa shape index (κ1) is 19.3. The molecule has 3 rings (SSSR count). The molecule has 2 aliphatic heterocycles. The highest BCUT2D eigenvalue weighted by Crippen LogP contribution is 2.23. The topological polar surface area (TPSA) is 79.0 Å². The highest BCUT2D eigenvalue weighted by Gasteiger charge is 2.29. The molecule has 2 saturated heterocycles. The smallest absolute Gasteiger partial charge is 0.252 e. The number of carbonyl (C=O) groups is 1. The van der Waals surface area contributed by atoms with Crippen LogP contribution >= 0.6 is 0 Å². The van der Waals surface area contributed by atoms with Crippen LogP contribution in [-0.2, 0) is 14.8 Å². The van der Waals surface area contributed by atoms with E-state index >= 15 is 0 Å². The van der Waals surface area contributed by atoms with Crippen LogP contribution < -0.4 is 5.32 Å². The number of morpholine rings is 1. The Hall–Kier alpha value is -1.48. The first-order valence-corrected chi connectivity index (χ1v) is 10.7. The molecule has 0 atom stereocenters. The molecule has 0 unspecified atom stereocenters. The lowest BCUT2D eigenvalue weighted by Gasteiger charge is -2.27. The second-order valence-corrected chi connectivity index (χ2v) is 8.58. The maximum absolute atomic E-state index is 13.0. The van der Waals surface area contributed by atoms with Gasteiger partial charge in [-0.15, -0.1) is 0 Å². The average Bonchev–Trinajstić information content (AvgIpc) is 2.69. The van der Waals surface area contributed by atoms with Crippen LogP contribution in [0.25, 0.3) is 0 Å². The van der Waals surface area contributed by atoms with E-state index in [2.05, 4.69) is 10.2 Å². The lowest BCUT2D eigenvalue weighted by molar-refractivity contribution is 0.0383. The maximum atomic E-state index is 13.0. The van der Waals surface area contributed by atoms with Gasteiger partial charge < -0.3 is 10.1 Å². The molecule has 0 saturated carbocycles. The van der Waals surface area contributed by atoms with Crippen molar-refractivity contribution in [1.29, 1.82) is 0 Å². The number of carbonyl (C=O) groups excluding carboxylic acids is 1. The van der Waals surface area contributed by atoms with Crippen molar-refractivity contribution < 1.29 is 17.9 Å². The molecule has 26 heavy (non-hydrogen) atoms. The third-order valence-electron chi connectivity index (χ3n) is 4.88. The monoisotopic (exact) mass is 381 g/mol. The molecule has 0 radical (unpaired) electrons. The predicted molar refractivity (Wildman–Crippen MR) is 98.6 cm³/mol. The lowest BCUT2D eigenvalue weighted by Crippen LogP contribution is -2.41. The first-order chi connectivity index (χ1) is 12.6. The van der Waals surface area contributed by atoms with Crippen LogP contribution in [0.4, 0.5) is 0 Å². The van der Waals surface area contributed by atoms with E-state index in [1.165, 1.54) is 10.4 Å². The molecule has 7 nitrogen and oxygen atoms in total. The number of piperidine rings is 1. The number of nitrogens with one attached hydrogen (secondary N) is 1. The summed E-state index contributed by atoms with van der Waals surface area (Å²) < 4.78 is 32.7. The van der Waals surface area contributed by atoms with Gasteiger partial charge in [0.05, 0.1) is 23.7 Å². The average molecular weight is 381 g/mol. The summed E-state index contributed by atoms with van der Waals surface area (Å²) in [6.45, 7) is 5.40. The summed E-state index contributed by atoms with van der Waals surface area (Å²) in [5, 5.41) is 2.86. The summed E-state index contributed by atoms with van der Waals surface area (Å²) in [6, 6.07) is 6.48. The number of nitrogens with zero attached hydrogens (tertiary/aromatic N) is 2. The molecule has 0 aromatic heterocycles. The van der Waals surface area contributed by atoms with Crippen molar-refractivity contribution in [3.8, 4) is 0 Å². The number of hydrogen-bond donors (Lipinski definition) is 1. The molecule has 144 valence electrons. The fraction of sp³-hybridized carbons (Fsp3) is 0.611. The predicted octanol–water partition coefficient (Wildman–Crippen LogP) is 0.923. The Morgan fingerprint density at radius 3 is 2.46 bits per heavy atom. The van der Waals surface area contributed by atoms with Crippen LogP contribution in [-0.4, -0.2) is 76.0 Å². The van der Waals surface area contributed by atoms with Crippen molar-refractivity contribution in [2.24, 2.45) is 0 Å². The Morgan fingerprint density at radius 1 is 1.04 bits per heavy atom. The highest BCUT2D eigenvalue weighted by molar-refractivity contribution is 7.89. The van der Waals surface area contributed by atoms with E-state index in [-0.39, 0.29) is 16.4 Å². The zero-order chi connectivity index (χ0) is 18.4. The van der Waals surface area contributed by atoms with Crippen LogP contribution in [0.3, 0.4) is 0 Å². The van der Waals surface area contributed by atoms with Gasteiger partial charge in [0.1, 0.15) is 0 Å². The molecule has 0 aliphatic carbocycles. The molecule has 1 amide bonds. The van der Waals surface area contributed by atoms with E-state index in [0.717, 1.165) is 38.9 Å². The van der Waals surface area contributed by atoms with Gasteiger partial charge in [0.15, 0.2) is 0 Å². The van der Waals surface area contributed by atoms with E-state index < -0.39 is 10.0 Å². The normalized spacial score (nSPS) is 20.0. The second kappa shape index (κ2) is 8.94. The van der Waals surface area contributed by atoms with Crippen molar-refractivity contribution in [3.05, 3.63) is 29.8 Å². The molecule has 8 heteroatoms. The number of rotatable bonds is 6. The zero-order valence-electron chi connectivity index (χ0n) is 15.0. The minimum atomic E-state index is -3.64. The van der Waals surface area contributed by atoms with Crippen LogP contribution in [0.5, 0.6) is 0 Å². The van der Waals surface area contributed by atoms with Gasteiger partial charge in [-0.25, -0.2) is 8.42 Å². The van der Waals surface area contributed by atoms with E-state index in [0.29, 0.717) is 32.8 Å². The van der Waals surface area contributed by atoms with Crippen molar-refractivity contribution in [1.82, 2.24) is 14.5 Å². The standard InChI is InChI=1S/C18H27N3O4S/c22-18(19-8-11-20-12-14-25-15-13-20)16-6-2-3-7-17(16)26(23,24)21-9-4-1-5-10-21/h2-3,6-7H,1,4-5,8-15H2,(H,19,22). The van der Waals surface area contributed by atoms with E-state index in [4.69, 9.17) is 4.74 Å². The number of sulfonamides is 1. The van der Waals surface area contributed by atoms with Gasteiger partial charge in [0, 0.05) is 39.3 Å². The quantitative estimate of drug-likeness (QED) is 0.793. The Bertz CT molecular complexity index is 711. The molecule has 0 spiro atoms. The van der Waals surface area contributed by atoms with E-state index in [1.54, 1.807) is 18.2 Å². The van der Waals surface area contributed by atoms with Gasteiger partial charge >= 0.3 is 0 Å². The molecule has 2 aliphatic rings. The van der Waals surface area contributed by atoms with Crippen LogP contribution in [0, 0.1) is 0 Å². The van der Waals surface area contributed by atoms with Gasteiger partial charge in [-0.05, 0) is 25.0 Å². The summed E-state index contributed by atoms with van der Waals surface area (Å²) in [4.78, 5) is 14.9. The molecular weight excluding hydrogens is 354 g/mol. The summed E-state index contributed by atoms with van der Waals surface area (Å²) >= 11 is 0. The summed E-state index contributed by atoms with van der Waals surface area (Å²) in [5.41, 5.74) is 0.222. The zero-order valence-corrected chi connectivity index (χ0v) is 15.8. The second-order valence-electron chi connectivity index (χ2n) is 6.67. The minimum Gasteiger partial charge on any atom is -0.379 e.